The van der Waals surface area contributed by atoms with Crippen molar-refractivity contribution in [2.75, 3.05) is 38.3 Å². The molecule has 2 aliphatic heterocycles. The molecule has 8 heteroatoms. The van der Waals surface area contributed by atoms with Crippen LogP contribution >= 0.6 is 0 Å². The first-order valence-corrected chi connectivity index (χ1v) is 12.8. The first kappa shape index (κ1) is 22.5. The van der Waals surface area contributed by atoms with Gasteiger partial charge in [0, 0.05) is 36.5 Å². The molecule has 0 radical (unpaired) electrons. The first-order chi connectivity index (χ1) is 16.9. The van der Waals surface area contributed by atoms with Crippen LogP contribution in [-0.4, -0.2) is 74.9 Å². The average molecular weight is 474 g/mol. The van der Waals surface area contributed by atoms with Gasteiger partial charge in [0.05, 0.1) is 36.0 Å². The normalized spacial score (nSPS) is 17.9. The maximum atomic E-state index is 5.40. The summed E-state index contributed by atoms with van der Waals surface area (Å²) in [6.45, 7) is 12.6. The molecule has 0 aromatic carbocycles. The summed E-state index contributed by atoms with van der Waals surface area (Å²) in [6, 6.07) is 5.60. The van der Waals surface area contributed by atoms with Crippen LogP contribution in [-0.2, 0) is 4.74 Å². The fourth-order valence-corrected chi connectivity index (χ4v) is 5.74. The molecule has 184 valence electrons. The van der Waals surface area contributed by atoms with E-state index in [1.54, 1.807) is 6.33 Å². The Morgan fingerprint density at radius 1 is 1.09 bits per heavy atom. The molecule has 0 spiro atoms. The Bertz CT molecular complexity index is 1380. The number of pyridine rings is 2. The highest BCUT2D eigenvalue weighted by Crippen LogP contribution is 2.38. The molecular weight excluding hydrogens is 438 g/mol. The largest absolute Gasteiger partial charge is 0.378 e. The number of nitrogens with one attached hydrogen (secondary N) is 1. The molecule has 0 aliphatic carbocycles. The zero-order valence-electron chi connectivity index (χ0n) is 21.4. The molecule has 2 aliphatic rings. The molecule has 0 unspecified atom stereocenters. The van der Waals surface area contributed by atoms with Crippen LogP contribution in [0.25, 0.3) is 27.9 Å². The number of nitrogens with zero attached hydrogens (tertiary/aromatic N) is 6. The number of anilines is 1. The fraction of sp³-hybridized carbons (Fsp3) is 0.519. The van der Waals surface area contributed by atoms with Crippen LogP contribution < -0.4 is 4.90 Å². The van der Waals surface area contributed by atoms with Crippen LogP contribution in [0.15, 0.2) is 24.7 Å². The van der Waals surface area contributed by atoms with Gasteiger partial charge in [0.2, 0.25) is 0 Å². The van der Waals surface area contributed by atoms with Crippen molar-refractivity contribution < 1.29 is 4.74 Å². The number of aromatic nitrogens is 5. The number of fused-ring (bicyclic) bond motifs is 2. The van der Waals surface area contributed by atoms with Crippen LogP contribution in [0.3, 0.4) is 0 Å². The van der Waals surface area contributed by atoms with Gasteiger partial charge in [-0.3, -0.25) is 4.90 Å². The Morgan fingerprint density at radius 3 is 2.54 bits per heavy atom. The van der Waals surface area contributed by atoms with E-state index in [1.807, 2.05) is 4.52 Å². The second-order valence-electron chi connectivity index (χ2n) is 10.5. The quantitative estimate of drug-likeness (QED) is 0.466. The lowest BCUT2D eigenvalue weighted by Crippen LogP contribution is -2.54. The molecule has 8 nitrogen and oxygen atoms in total. The molecule has 6 rings (SSSR count). The number of likely N-dealkylation sites (N-methyl/N-ethyl adjacent to an activating group) is 1. The summed E-state index contributed by atoms with van der Waals surface area (Å²) in [7, 11) is 2.26. The summed E-state index contributed by atoms with van der Waals surface area (Å²) in [5.41, 5.74) is 9.02. The lowest BCUT2D eigenvalue weighted by atomic mass is 9.95. The summed E-state index contributed by atoms with van der Waals surface area (Å²) in [4.78, 5) is 18.3. The molecule has 1 N–H and O–H groups in total. The van der Waals surface area contributed by atoms with Crippen molar-refractivity contribution in [2.24, 2.45) is 0 Å². The lowest BCUT2D eigenvalue weighted by Gasteiger charge is -2.43. The summed E-state index contributed by atoms with van der Waals surface area (Å²) in [5, 5.41) is 4.41. The van der Waals surface area contributed by atoms with Crippen LogP contribution in [0.4, 0.5) is 5.82 Å². The van der Waals surface area contributed by atoms with E-state index in [-0.39, 0.29) is 0 Å². The van der Waals surface area contributed by atoms with Crippen molar-refractivity contribution in [3.05, 3.63) is 41.3 Å². The summed E-state index contributed by atoms with van der Waals surface area (Å²) in [6.07, 6.45) is 6.04. The Kier molecular flexibility index (Phi) is 5.53. The molecule has 0 atom stereocenters. The average Bonchev–Trinajstić information content (AvgIpc) is 3.44. The van der Waals surface area contributed by atoms with E-state index in [9.17, 15) is 0 Å². The number of aryl methyl sites for hydroxylation is 1. The van der Waals surface area contributed by atoms with E-state index in [2.05, 4.69) is 77.9 Å². The molecule has 6 heterocycles. The van der Waals surface area contributed by atoms with Crippen LogP contribution in [0, 0.1) is 13.8 Å². The van der Waals surface area contributed by atoms with Crippen LogP contribution in [0.2, 0.25) is 0 Å². The Labute approximate surface area is 206 Å². The third kappa shape index (κ3) is 3.70. The van der Waals surface area contributed by atoms with Crippen molar-refractivity contribution in [3.63, 3.8) is 0 Å². The topological polar surface area (TPSA) is 74.6 Å². The molecule has 0 saturated carbocycles. The minimum absolute atomic E-state index is 0.330. The van der Waals surface area contributed by atoms with Gasteiger partial charge in [0.15, 0.2) is 5.65 Å². The monoisotopic (exact) mass is 473 g/mol. The predicted molar refractivity (Wildman–Crippen MR) is 139 cm³/mol. The van der Waals surface area contributed by atoms with Crippen LogP contribution in [0.5, 0.6) is 0 Å². The van der Waals surface area contributed by atoms with Crippen molar-refractivity contribution in [1.29, 1.82) is 0 Å². The van der Waals surface area contributed by atoms with Gasteiger partial charge in [-0.2, -0.15) is 5.10 Å². The van der Waals surface area contributed by atoms with Gasteiger partial charge in [-0.05, 0) is 62.9 Å². The summed E-state index contributed by atoms with van der Waals surface area (Å²) in [5.74, 6) is 1.41. The van der Waals surface area contributed by atoms with Gasteiger partial charge < -0.3 is 14.6 Å². The number of aromatic amines is 1. The van der Waals surface area contributed by atoms with Crippen molar-refractivity contribution in [1.82, 2.24) is 29.5 Å². The van der Waals surface area contributed by atoms with Crippen molar-refractivity contribution in [3.8, 4) is 11.3 Å². The van der Waals surface area contributed by atoms with E-state index in [4.69, 9.17) is 9.72 Å². The maximum absolute atomic E-state index is 5.40. The van der Waals surface area contributed by atoms with Gasteiger partial charge >= 0.3 is 0 Å². The van der Waals surface area contributed by atoms with Gasteiger partial charge in [-0.1, -0.05) is 13.8 Å². The molecule has 4 aromatic rings. The molecule has 35 heavy (non-hydrogen) atoms. The molecule has 0 bridgehead atoms. The van der Waals surface area contributed by atoms with Crippen molar-refractivity contribution >= 4 is 22.5 Å². The Hall–Kier alpha value is -2.97. The number of ether oxygens (including phenoxy) is 1. The second-order valence-corrected chi connectivity index (χ2v) is 10.5. The van der Waals surface area contributed by atoms with Crippen molar-refractivity contribution in [2.45, 2.75) is 58.5 Å². The van der Waals surface area contributed by atoms with E-state index >= 15 is 0 Å². The predicted octanol–water partition coefficient (Wildman–Crippen LogP) is 4.31. The molecule has 2 saturated heterocycles. The summed E-state index contributed by atoms with van der Waals surface area (Å²) < 4.78 is 7.28. The number of hydrogen-bond donors (Lipinski definition) is 1. The minimum atomic E-state index is 0.330. The smallest absolute Gasteiger partial charge is 0.158 e. The standard InChI is InChI=1S/C27H35N7O/c1-16(2)24-25(21-12-34-27(28-15-29-34)18(4)17(21)3)30-22-6-7-23(31-26(22)24)33-10-8-19(9-11-33)32(5)20-13-35-14-20/h6-7,12,15-16,19-20,30H,8-11,13-14H2,1-5H3. The van der Waals surface area contributed by atoms with Gasteiger partial charge in [-0.15, -0.1) is 0 Å². The third-order valence-electron chi connectivity index (χ3n) is 8.20. The summed E-state index contributed by atoms with van der Waals surface area (Å²) >= 11 is 0. The van der Waals surface area contributed by atoms with E-state index in [0.29, 0.717) is 18.0 Å². The van der Waals surface area contributed by atoms with Gasteiger partial charge in [0.1, 0.15) is 12.1 Å². The third-order valence-corrected chi connectivity index (χ3v) is 8.20. The zero-order valence-corrected chi connectivity index (χ0v) is 21.4. The number of hydrogen-bond acceptors (Lipinski definition) is 6. The number of piperidine rings is 1. The van der Waals surface area contributed by atoms with Crippen LogP contribution in [0.1, 0.15) is 49.3 Å². The second kappa shape index (κ2) is 8.60. The van der Waals surface area contributed by atoms with Gasteiger partial charge in [-0.25, -0.2) is 14.5 Å². The molecule has 4 aromatic heterocycles. The SMILES string of the molecule is Cc1c(-c2[nH]c3ccc(N4CCC(N(C)C5COC5)CC4)nc3c2C(C)C)cn2ncnc2c1C. The highest BCUT2D eigenvalue weighted by atomic mass is 16.5. The highest BCUT2D eigenvalue weighted by Gasteiger charge is 2.31. The lowest BCUT2D eigenvalue weighted by molar-refractivity contribution is -0.0718. The number of rotatable bonds is 5. The zero-order chi connectivity index (χ0) is 24.3. The first-order valence-electron chi connectivity index (χ1n) is 12.8. The van der Waals surface area contributed by atoms with E-state index < -0.39 is 0 Å². The van der Waals surface area contributed by atoms with E-state index in [1.165, 1.54) is 24.0 Å². The maximum Gasteiger partial charge on any atom is 0.158 e. The Morgan fingerprint density at radius 2 is 1.86 bits per heavy atom. The fourth-order valence-electron chi connectivity index (χ4n) is 5.74. The molecular formula is C27H35N7O. The highest BCUT2D eigenvalue weighted by molar-refractivity contribution is 5.90. The minimum Gasteiger partial charge on any atom is -0.378 e. The van der Waals surface area contributed by atoms with Gasteiger partial charge in [0.25, 0.3) is 0 Å². The molecule has 2 fully saturated rings. The number of H-pyrrole nitrogens is 1. The molecule has 0 amide bonds. The van der Waals surface area contributed by atoms with E-state index in [0.717, 1.165) is 65.6 Å². The Balaban J connectivity index is 1.34.